The van der Waals surface area contributed by atoms with Gasteiger partial charge in [0.15, 0.2) is 0 Å². The van der Waals surface area contributed by atoms with E-state index in [4.69, 9.17) is 0 Å². The van der Waals surface area contributed by atoms with E-state index < -0.39 is 4.93 Å². The molecule has 11 heavy (non-hydrogen) atoms. The summed E-state index contributed by atoms with van der Waals surface area (Å²) >= 11 is 3.59. The van der Waals surface area contributed by atoms with Crippen molar-refractivity contribution < 1.29 is 5.11 Å². The summed E-state index contributed by atoms with van der Waals surface area (Å²) in [6.07, 6.45) is 1.08. The van der Waals surface area contributed by atoms with Gasteiger partial charge in [-0.2, -0.15) is 0 Å². The highest BCUT2D eigenvalue weighted by atomic mass is 32.2. The highest BCUT2D eigenvalue weighted by Gasteiger charge is 2.43. The molecule has 0 amide bonds. The molecule has 0 bridgehead atoms. The average Bonchev–Trinajstić information content (AvgIpc) is 2.32. The Morgan fingerprint density at radius 3 is 2.64 bits per heavy atom. The van der Waals surface area contributed by atoms with E-state index in [9.17, 15) is 5.11 Å². The largest absolute Gasteiger partial charge is 0.378 e. The molecule has 1 rings (SSSR count). The lowest BCUT2D eigenvalue weighted by molar-refractivity contribution is 0.0868. The zero-order valence-electron chi connectivity index (χ0n) is 7.33. The van der Waals surface area contributed by atoms with Crippen LogP contribution in [0.3, 0.4) is 0 Å². The van der Waals surface area contributed by atoms with E-state index >= 15 is 0 Å². The summed E-state index contributed by atoms with van der Waals surface area (Å²) in [7, 11) is 0. The van der Waals surface area contributed by atoms with Crippen LogP contribution in [-0.4, -0.2) is 20.4 Å². The summed E-state index contributed by atoms with van der Waals surface area (Å²) in [6.45, 7) is 6.35. The molecule has 2 unspecified atom stereocenters. The molecule has 0 aromatic heterocycles. The molecular weight excluding hydrogens is 176 g/mol. The standard InChI is InChI=1S/C8H16OS2/c1-4-7-8(9,6(2)3)11-5-10-7/h6-7,9H,4-5H2,1-3H3. The number of rotatable bonds is 2. The van der Waals surface area contributed by atoms with Gasteiger partial charge >= 0.3 is 0 Å². The maximum Gasteiger partial charge on any atom is 0.125 e. The molecule has 0 aromatic rings. The van der Waals surface area contributed by atoms with Crippen molar-refractivity contribution in [3.05, 3.63) is 0 Å². The second-order valence-corrected chi connectivity index (χ2v) is 6.02. The number of hydrogen-bond donors (Lipinski definition) is 1. The van der Waals surface area contributed by atoms with Gasteiger partial charge in [0.05, 0.1) is 0 Å². The van der Waals surface area contributed by atoms with Gasteiger partial charge in [-0.05, 0) is 12.3 Å². The van der Waals surface area contributed by atoms with Gasteiger partial charge in [0, 0.05) is 10.3 Å². The second-order valence-electron chi connectivity index (χ2n) is 3.23. The highest BCUT2D eigenvalue weighted by molar-refractivity contribution is 8.20. The molecule has 0 radical (unpaired) electrons. The Morgan fingerprint density at radius 2 is 2.27 bits per heavy atom. The fourth-order valence-electron chi connectivity index (χ4n) is 1.37. The summed E-state index contributed by atoms with van der Waals surface area (Å²) in [6, 6.07) is 0. The summed E-state index contributed by atoms with van der Waals surface area (Å²) in [5.41, 5.74) is 0. The van der Waals surface area contributed by atoms with E-state index in [1.165, 1.54) is 0 Å². The van der Waals surface area contributed by atoms with Gasteiger partial charge < -0.3 is 5.11 Å². The van der Waals surface area contributed by atoms with Crippen LogP contribution in [-0.2, 0) is 0 Å². The summed E-state index contributed by atoms with van der Waals surface area (Å²) < 4.78 is 0. The predicted molar refractivity (Wildman–Crippen MR) is 53.9 cm³/mol. The molecule has 66 valence electrons. The van der Waals surface area contributed by atoms with Gasteiger partial charge in [-0.15, -0.1) is 23.5 Å². The summed E-state index contributed by atoms with van der Waals surface area (Å²) in [5.74, 6) is 0.368. The van der Waals surface area contributed by atoms with Gasteiger partial charge in [0.2, 0.25) is 0 Å². The minimum Gasteiger partial charge on any atom is -0.378 e. The molecule has 3 heteroatoms. The monoisotopic (exact) mass is 192 g/mol. The number of hydrogen-bond acceptors (Lipinski definition) is 3. The van der Waals surface area contributed by atoms with Crippen LogP contribution < -0.4 is 0 Å². The predicted octanol–water partition coefficient (Wildman–Crippen LogP) is 2.55. The Bertz CT molecular complexity index is 138. The van der Waals surface area contributed by atoms with Gasteiger partial charge in [-0.1, -0.05) is 20.8 Å². The second kappa shape index (κ2) is 3.58. The molecule has 1 nitrogen and oxygen atoms in total. The van der Waals surface area contributed by atoms with Crippen molar-refractivity contribution in [2.24, 2.45) is 5.92 Å². The molecule has 1 saturated heterocycles. The van der Waals surface area contributed by atoms with Gasteiger partial charge in [-0.25, -0.2) is 0 Å². The van der Waals surface area contributed by atoms with E-state index in [2.05, 4.69) is 20.8 Å². The molecule has 1 fully saturated rings. The zero-order chi connectivity index (χ0) is 8.48. The van der Waals surface area contributed by atoms with E-state index in [0.717, 1.165) is 11.5 Å². The quantitative estimate of drug-likeness (QED) is 0.726. The lowest BCUT2D eigenvalue weighted by Gasteiger charge is -2.31. The maximum absolute atomic E-state index is 10.2. The van der Waals surface area contributed by atoms with E-state index in [-0.39, 0.29) is 0 Å². The Kier molecular flexibility index (Phi) is 3.18. The molecule has 1 heterocycles. The lowest BCUT2D eigenvalue weighted by atomic mass is 10.0. The minimum absolute atomic E-state index is 0.368. The average molecular weight is 192 g/mol. The van der Waals surface area contributed by atoms with Crippen LogP contribution in [0.1, 0.15) is 27.2 Å². The van der Waals surface area contributed by atoms with Crippen LogP contribution in [0, 0.1) is 5.92 Å². The van der Waals surface area contributed by atoms with Crippen LogP contribution in [0.5, 0.6) is 0 Å². The Balaban J connectivity index is 2.67. The molecular formula is C8H16OS2. The number of aliphatic hydroxyl groups is 1. The van der Waals surface area contributed by atoms with Crippen molar-refractivity contribution in [1.29, 1.82) is 0 Å². The molecule has 2 atom stereocenters. The molecule has 0 spiro atoms. The van der Waals surface area contributed by atoms with Crippen molar-refractivity contribution in [3.8, 4) is 0 Å². The SMILES string of the molecule is CCC1SCSC1(O)C(C)C. The van der Waals surface area contributed by atoms with Gasteiger partial charge in [-0.3, -0.25) is 0 Å². The first-order chi connectivity index (χ1) is 5.11. The molecule has 0 saturated carbocycles. The zero-order valence-corrected chi connectivity index (χ0v) is 8.97. The minimum atomic E-state index is -0.459. The van der Waals surface area contributed by atoms with Gasteiger partial charge in [0.1, 0.15) is 4.93 Å². The maximum atomic E-state index is 10.2. The van der Waals surface area contributed by atoms with E-state index in [0.29, 0.717) is 11.2 Å². The summed E-state index contributed by atoms with van der Waals surface area (Å²) in [5, 5.41) is 11.7. The van der Waals surface area contributed by atoms with E-state index in [1.807, 2.05) is 11.8 Å². The molecule has 0 aromatic carbocycles. The normalized spacial score (nSPS) is 38.5. The molecule has 1 aliphatic rings. The first-order valence-corrected chi connectivity index (χ1v) is 6.12. The fourth-order valence-corrected chi connectivity index (χ4v) is 4.90. The lowest BCUT2D eigenvalue weighted by Crippen LogP contribution is -2.38. The van der Waals surface area contributed by atoms with E-state index in [1.54, 1.807) is 11.8 Å². The molecule has 0 aliphatic carbocycles. The smallest absolute Gasteiger partial charge is 0.125 e. The fraction of sp³-hybridized carbons (Fsp3) is 1.00. The third-order valence-corrected chi connectivity index (χ3v) is 5.70. The molecule has 1 N–H and O–H groups in total. The van der Waals surface area contributed by atoms with Crippen LogP contribution in [0.25, 0.3) is 0 Å². The first-order valence-electron chi connectivity index (χ1n) is 4.09. The Morgan fingerprint density at radius 1 is 1.64 bits per heavy atom. The van der Waals surface area contributed by atoms with Crippen LogP contribution in [0.2, 0.25) is 0 Å². The van der Waals surface area contributed by atoms with Crippen molar-refractivity contribution >= 4 is 23.5 Å². The third kappa shape index (κ3) is 1.70. The van der Waals surface area contributed by atoms with Crippen LogP contribution >= 0.6 is 23.5 Å². The van der Waals surface area contributed by atoms with Gasteiger partial charge in [0.25, 0.3) is 0 Å². The topological polar surface area (TPSA) is 20.2 Å². The van der Waals surface area contributed by atoms with Crippen LogP contribution in [0.4, 0.5) is 0 Å². The van der Waals surface area contributed by atoms with Crippen molar-refractivity contribution in [2.75, 3.05) is 5.08 Å². The Hall–Kier alpha value is 0.660. The molecule has 1 aliphatic heterocycles. The van der Waals surface area contributed by atoms with Crippen molar-refractivity contribution in [3.63, 3.8) is 0 Å². The first kappa shape index (κ1) is 9.75. The summed E-state index contributed by atoms with van der Waals surface area (Å²) in [4.78, 5) is -0.459. The third-order valence-electron chi connectivity index (χ3n) is 2.22. The number of thioether (sulfide) groups is 2. The van der Waals surface area contributed by atoms with Crippen LogP contribution in [0.15, 0.2) is 0 Å². The van der Waals surface area contributed by atoms with Crippen molar-refractivity contribution in [2.45, 2.75) is 37.4 Å². The van der Waals surface area contributed by atoms with Crippen molar-refractivity contribution in [1.82, 2.24) is 0 Å². The highest BCUT2D eigenvalue weighted by Crippen LogP contribution is 2.49. The Labute approximate surface area is 77.3 Å².